The molecule has 1 aliphatic rings. The lowest BCUT2D eigenvalue weighted by molar-refractivity contribution is -0.120. The third-order valence-corrected chi connectivity index (χ3v) is 5.47. The van der Waals surface area contributed by atoms with E-state index in [2.05, 4.69) is 29.8 Å². The molecule has 1 fully saturated rings. The van der Waals surface area contributed by atoms with Crippen molar-refractivity contribution in [3.8, 4) is 5.75 Å². The Kier molecular flexibility index (Phi) is 8.62. The lowest BCUT2D eigenvalue weighted by Gasteiger charge is -2.21. The van der Waals surface area contributed by atoms with E-state index < -0.39 is 0 Å². The second kappa shape index (κ2) is 11.6. The highest BCUT2D eigenvalue weighted by Crippen LogP contribution is 2.25. The summed E-state index contributed by atoms with van der Waals surface area (Å²) in [6, 6.07) is 14.3. The molecular formula is C25H31N3O3S. The number of nitrogens with one attached hydrogen (secondary N) is 3. The van der Waals surface area contributed by atoms with Crippen molar-refractivity contribution in [2.45, 2.75) is 46.0 Å². The Hall–Kier alpha value is -2.93. The smallest absolute Gasteiger partial charge is 0.257 e. The Bertz CT molecular complexity index is 955. The average Bonchev–Trinajstić information content (AvgIpc) is 2.78. The van der Waals surface area contributed by atoms with Crippen molar-refractivity contribution in [1.82, 2.24) is 5.32 Å². The van der Waals surface area contributed by atoms with Gasteiger partial charge in [0.25, 0.3) is 5.91 Å². The minimum absolute atomic E-state index is 0.0669. The number of hydrogen-bond donors (Lipinski definition) is 3. The first-order valence-electron chi connectivity index (χ1n) is 11.2. The number of carbonyl (C=O) groups excluding carboxylic acids is 2. The summed E-state index contributed by atoms with van der Waals surface area (Å²) in [5.74, 6) is 0.872. The molecule has 0 radical (unpaired) electrons. The van der Waals surface area contributed by atoms with Gasteiger partial charge < -0.3 is 15.4 Å². The molecule has 0 atom stereocenters. The number of rotatable bonds is 7. The van der Waals surface area contributed by atoms with Gasteiger partial charge in [-0.3, -0.25) is 14.9 Å². The van der Waals surface area contributed by atoms with Crippen LogP contribution in [0.3, 0.4) is 0 Å². The highest BCUT2D eigenvalue weighted by atomic mass is 32.1. The van der Waals surface area contributed by atoms with Gasteiger partial charge in [-0.2, -0.15) is 0 Å². The molecule has 32 heavy (non-hydrogen) atoms. The summed E-state index contributed by atoms with van der Waals surface area (Å²) in [6.45, 7) is 4.72. The summed E-state index contributed by atoms with van der Waals surface area (Å²) in [5, 5.41) is 8.87. The molecule has 0 heterocycles. The predicted molar refractivity (Wildman–Crippen MR) is 132 cm³/mol. The maximum atomic E-state index is 12.6. The topological polar surface area (TPSA) is 79.5 Å². The van der Waals surface area contributed by atoms with Gasteiger partial charge in [-0.1, -0.05) is 45.2 Å². The first kappa shape index (κ1) is 23.7. The minimum Gasteiger partial charge on any atom is -0.493 e. The molecular weight excluding hydrogens is 422 g/mol. The first-order chi connectivity index (χ1) is 15.4. The van der Waals surface area contributed by atoms with E-state index in [4.69, 9.17) is 17.0 Å². The van der Waals surface area contributed by atoms with Crippen LogP contribution in [0, 0.1) is 11.8 Å². The number of benzene rings is 2. The van der Waals surface area contributed by atoms with Gasteiger partial charge in [0.2, 0.25) is 5.91 Å². The van der Waals surface area contributed by atoms with Crippen LogP contribution in [0.5, 0.6) is 5.75 Å². The zero-order chi connectivity index (χ0) is 22.9. The highest BCUT2D eigenvalue weighted by molar-refractivity contribution is 7.80. The average molecular weight is 454 g/mol. The zero-order valence-electron chi connectivity index (χ0n) is 18.6. The van der Waals surface area contributed by atoms with Gasteiger partial charge in [0.05, 0.1) is 6.61 Å². The Labute approximate surface area is 195 Å². The molecule has 0 spiro atoms. The van der Waals surface area contributed by atoms with Gasteiger partial charge in [-0.15, -0.1) is 0 Å². The monoisotopic (exact) mass is 453 g/mol. The van der Waals surface area contributed by atoms with Crippen molar-refractivity contribution in [3.63, 3.8) is 0 Å². The fourth-order valence-corrected chi connectivity index (χ4v) is 3.82. The van der Waals surface area contributed by atoms with E-state index >= 15 is 0 Å². The van der Waals surface area contributed by atoms with E-state index in [1.54, 1.807) is 24.3 Å². The van der Waals surface area contributed by atoms with Crippen LogP contribution in [0.4, 0.5) is 11.4 Å². The summed E-state index contributed by atoms with van der Waals surface area (Å²) >= 11 is 5.30. The number of amides is 2. The number of thiocarbonyl (C=S) groups is 1. The van der Waals surface area contributed by atoms with Crippen LogP contribution in [0.25, 0.3) is 0 Å². The Morgan fingerprint density at radius 2 is 1.69 bits per heavy atom. The number of ether oxygens (including phenoxy) is 1. The van der Waals surface area contributed by atoms with Gasteiger partial charge >= 0.3 is 0 Å². The first-order valence-corrected chi connectivity index (χ1v) is 11.6. The largest absolute Gasteiger partial charge is 0.493 e. The van der Waals surface area contributed by atoms with Gasteiger partial charge in [-0.05, 0) is 67.4 Å². The molecule has 0 saturated heterocycles. The van der Waals surface area contributed by atoms with Gasteiger partial charge in [-0.25, -0.2) is 0 Å². The molecule has 2 aromatic rings. The van der Waals surface area contributed by atoms with Crippen molar-refractivity contribution in [2.75, 3.05) is 17.2 Å². The normalized spacial score (nSPS) is 14.0. The Morgan fingerprint density at radius 3 is 2.41 bits per heavy atom. The van der Waals surface area contributed by atoms with Crippen molar-refractivity contribution >= 4 is 40.5 Å². The van der Waals surface area contributed by atoms with Crippen LogP contribution in [0.2, 0.25) is 0 Å². The van der Waals surface area contributed by atoms with E-state index in [0.717, 1.165) is 25.7 Å². The van der Waals surface area contributed by atoms with Crippen LogP contribution in [-0.4, -0.2) is 23.5 Å². The molecule has 0 aliphatic heterocycles. The molecule has 6 nitrogen and oxygen atoms in total. The second-order valence-corrected chi connectivity index (χ2v) is 8.95. The maximum Gasteiger partial charge on any atom is 0.257 e. The zero-order valence-corrected chi connectivity index (χ0v) is 19.5. The fourth-order valence-electron chi connectivity index (χ4n) is 3.61. The maximum absolute atomic E-state index is 12.6. The van der Waals surface area contributed by atoms with E-state index in [1.807, 2.05) is 24.3 Å². The summed E-state index contributed by atoms with van der Waals surface area (Å²) in [7, 11) is 0. The van der Waals surface area contributed by atoms with Crippen molar-refractivity contribution in [2.24, 2.45) is 11.8 Å². The molecule has 0 bridgehead atoms. The van der Waals surface area contributed by atoms with Gasteiger partial charge in [0.15, 0.2) is 5.11 Å². The molecule has 0 unspecified atom stereocenters. The molecule has 7 heteroatoms. The molecule has 170 valence electrons. The summed E-state index contributed by atoms with van der Waals surface area (Å²) in [6.07, 6.45) is 5.33. The molecule has 3 rings (SSSR count). The Balaban J connectivity index is 1.54. The van der Waals surface area contributed by atoms with Crippen molar-refractivity contribution < 1.29 is 14.3 Å². The molecule has 1 aliphatic carbocycles. The van der Waals surface area contributed by atoms with Gasteiger partial charge in [0, 0.05) is 22.9 Å². The summed E-state index contributed by atoms with van der Waals surface area (Å²) < 4.78 is 5.68. The number of anilines is 2. The predicted octanol–water partition coefficient (Wildman–Crippen LogP) is 5.37. The Morgan fingerprint density at radius 1 is 1.00 bits per heavy atom. The SMILES string of the molecule is CC(C)COc1cccc(C(=O)NC(=S)Nc2cccc(NC(=O)C3CCCCC3)c2)c1. The summed E-state index contributed by atoms with van der Waals surface area (Å²) in [4.78, 5) is 25.1. The van der Waals surface area contributed by atoms with Crippen molar-refractivity contribution in [1.29, 1.82) is 0 Å². The van der Waals surface area contributed by atoms with Gasteiger partial charge in [0.1, 0.15) is 5.75 Å². The lowest BCUT2D eigenvalue weighted by atomic mass is 9.88. The van der Waals surface area contributed by atoms with Crippen LogP contribution < -0.4 is 20.7 Å². The molecule has 1 saturated carbocycles. The standard InChI is InChI=1S/C25H31N3O3S/c1-17(2)16-31-22-13-6-10-19(14-22)24(30)28-25(32)27-21-12-7-11-20(15-21)26-23(29)18-8-4-3-5-9-18/h6-7,10-15,17-18H,3-5,8-9,16H2,1-2H3,(H,26,29)(H2,27,28,30,32). The number of carbonyl (C=O) groups is 2. The highest BCUT2D eigenvalue weighted by Gasteiger charge is 2.21. The molecule has 2 amide bonds. The van der Waals surface area contributed by atoms with Crippen LogP contribution in [0.15, 0.2) is 48.5 Å². The summed E-state index contributed by atoms with van der Waals surface area (Å²) in [5.41, 5.74) is 1.85. The lowest BCUT2D eigenvalue weighted by Crippen LogP contribution is -2.34. The van der Waals surface area contributed by atoms with Crippen LogP contribution in [-0.2, 0) is 4.79 Å². The quantitative estimate of drug-likeness (QED) is 0.492. The van der Waals surface area contributed by atoms with E-state index in [0.29, 0.717) is 35.2 Å². The molecule has 3 N–H and O–H groups in total. The van der Waals surface area contributed by atoms with Crippen LogP contribution >= 0.6 is 12.2 Å². The van der Waals surface area contributed by atoms with E-state index in [9.17, 15) is 9.59 Å². The van der Waals surface area contributed by atoms with Crippen molar-refractivity contribution in [3.05, 3.63) is 54.1 Å². The minimum atomic E-state index is -0.320. The second-order valence-electron chi connectivity index (χ2n) is 8.55. The van der Waals surface area contributed by atoms with E-state index in [1.165, 1.54) is 6.42 Å². The molecule has 2 aromatic carbocycles. The van der Waals surface area contributed by atoms with E-state index in [-0.39, 0.29) is 22.8 Å². The fraction of sp³-hybridized carbons (Fsp3) is 0.400. The third kappa shape index (κ3) is 7.34. The third-order valence-electron chi connectivity index (χ3n) is 5.27. The number of hydrogen-bond acceptors (Lipinski definition) is 4. The molecule has 0 aromatic heterocycles. The van der Waals surface area contributed by atoms with Crippen LogP contribution in [0.1, 0.15) is 56.3 Å².